The van der Waals surface area contributed by atoms with E-state index in [0.717, 1.165) is 35.8 Å². The van der Waals surface area contributed by atoms with Gasteiger partial charge >= 0.3 is 0 Å². The molecule has 0 aliphatic carbocycles. The fraction of sp³-hybridized carbons (Fsp3) is 0.200. The van der Waals surface area contributed by atoms with E-state index < -0.39 is 11.6 Å². The Hall–Kier alpha value is -3.55. The minimum absolute atomic E-state index is 0.247. The smallest absolute Gasteiger partial charge is 0.142 e. The van der Waals surface area contributed by atoms with Crippen molar-refractivity contribution in [3.8, 4) is 11.8 Å². The second-order valence-corrected chi connectivity index (χ2v) is 8.30. The second-order valence-electron chi connectivity index (χ2n) is 8.30. The Morgan fingerprint density at radius 3 is 1.97 bits per heavy atom. The molecule has 0 bridgehead atoms. The van der Waals surface area contributed by atoms with Gasteiger partial charge in [0.2, 0.25) is 0 Å². The highest BCUT2D eigenvalue weighted by Gasteiger charge is 2.10. The highest BCUT2D eigenvalue weighted by atomic mass is 19.1. The summed E-state index contributed by atoms with van der Waals surface area (Å²) < 4.78 is 47.7. The van der Waals surface area contributed by atoms with Crippen LogP contribution in [-0.2, 0) is 24.0 Å². The largest absolute Gasteiger partial charge is 0.385 e. The van der Waals surface area contributed by atoms with Crippen molar-refractivity contribution in [2.24, 2.45) is 0 Å². The van der Waals surface area contributed by atoms with E-state index in [9.17, 15) is 13.2 Å². The van der Waals surface area contributed by atoms with E-state index in [2.05, 4.69) is 36.1 Å². The molecule has 0 fully saturated rings. The molecule has 0 saturated heterocycles. The summed E-state index contributed by atoms with van der Waals surface area (Å²) in [5.74, 6) is 3.79. The summed E-state index contributed by atoms with van der Waals surface area (Å²) in [6.07, 6.45) is 3.17. The molecule has 0 atom stereocenters. The first-order chi connectivity index (χ1) is 16.5. The third-order valence-corrected chi connectivity index (χ3v) is 5.78. The number of fused-ring (bicyclic) bond motifs is 1. The van der Waals surface area contributed by atoms with Crippen molar-refractivity contribution in [1.82, 2.24) is 0 Å². The molecule has 0 heterocycles. The normalized spacial score (nSPS) is 10.8. The van der Waals surface area contributed by atoms with E-state index in [-0.39, 0.29) is 11.4 Å². The lowest BCUT2D eigenvalue weighted by Gasteiger charge is -2.07. The average molecular weight is 459 g/mol. The third-order valence-electron chi connectivity index (χ3n) is 5.78. The van der Waals surface area contributed by atoms with E-state index in [1.807, 2.05) is 0 Å². The van der Waals surface area contributed by atoms with E-state index in [0.29, 0.717) is 24.0 Å². The van der Waals surface area contributed by atoms with Crippen LogP contribution in [0.2, 0.25) is 0 Å². The van der Waals surface area contributed by atoms with E-state index >= 15 is 0 Å². The van der Waals surface area contributed by atoms with E-state index in [1.54, 1.807) is 31.4 Å². The average Bonchev–Trinajstić information content (AvgIpc) is 2.83. The van der Waals surface area contributed by atoms with Gasteiger partial charge in [-0.1, -0.05) is 48.2 Å². The number of rotatable bonds is 7. The minimum atomic E-state index is -0.668. The predicted molar refractivity (Wildman–Crippen MR) is 130 cm³/mol. The van der Waals surface area contributed by atoms with Gasteiger partial charge in [-0.25, -0.2) is 13.2 Å². The zero-order valence-electron chi connectivity index (χ0n) is 19.0. The summed E-state index contributed by atoms with van der Waals surface area (Å²) in [6, 6.07) is 20.7. The monoisotopic (exact) mass is 458 g/mol. The lowest BCUT2D eigenvalue weighted by molar-refractivity contribution is 0.195. The van der Waals surface area contributed by atoms with Crippen molar-refractivity contribution >= 4 is 10.8 Å². The van der Waals surface area contributed by atoms with Crippen molar-refractivity contribution in [3.05, 3.63) is 118 Å². The molecule has 34 heavy (non-hydrogen) atoms. The van der Waals surface area contributed by atoms with Gasteiger partial charge in [-0.3, -0.25) is 0 Å². The SMILES string of the molecule is COCCCc1ccc(CCc2cc(F)c(C#Cc3ccc4cc(F)ccc4c3)c(F)c2)cc1. The Labute approximate surface area is 198 Å². The maximum atomic E-state index is 14.6. The predicted octanol–water partition coefficient (Wildman–Crippen LogP) is 7.02. The molecule has 0 N–H and O–H groups in total. The molecule has 1 nitrogen and oxygen atoms in total. The summed E-state index contributed by atoms with van der Waals surface area (Å²) in [4.78, 5) is 0. The summed E-state index contributed by atoms with van der Waals surface area (Å²) in [5, 5.41) is 1.56. The molecule has 0 aliphatic heterocycles. The Morgan fingerprint density at radius 1 is 0.647 bits per heavy atom. The number of hydrogen-bond donors (Lipinski definition) is 0. The van der Waals surface area contributed by atoms with Crippen LogP contribution < -0.4 is 0 Å². The van der Waals surface area contributed by atoms with Crippen LogP contribution in [0.3, 0.4) is 0 Å². The molecule has 4 rings (SSSR count). The Bertz CT molecular complexity index is 1320. The number of ether oxygens (including phenoxy) is 1. The van der Waals surface area contributed by atoms with Crippen molar-refractivity contribution < 1.29 is 17.9 Å². The van der Waals surface area contributed by atoms with Gasteiger partial charge in [-0.05, 0) is 89.5 Å². The fourth-order valence-electron chi connectivity index (χ4n) is 3.90. The molecule has 0 saturated carbocycles. The maximum absolute atomic E-state index is 14.6. The summed E-state index contributed by atoms with van der Waals surface area (Å²) in [6.45, 7) is 0.739. The quantitative estimate of drug-likeness (QED) is 0.214. The van der Waals surface area contributed by atoms with Crippen LogP contribution in [0, 0.1) is 29.3 Å². The van der Waals surface area contributed by atoms with Gasteiger partial charge in [0.15, 0.2) is 0 Å². The zero-order valence-corrected chi connectivity index (χ0v) is 19.0. The van der Waals surface area contributed by atoms with Crippen LogP contribution in [0.15, 0.2) is 72.8 Å². The third kappa shape index (κ3) is 6.07. The van der Waals surface area contributed by atoms with E-state index in [4.69, 9.17) is 4.74 Å². The summed E-state index contributed by atoms with van der Waals surface area (Å²) >= 11 is 0. The van der Waals surface area contributed by atoms with Gasteiger partial charge in [0.05, 0.1) is 5.56 Å². The van der Waals surface area contributed by atoms with Crippen LogP contribution in [-0.4, -0.2) is 13.7 Å². The molecule has 4 aromatic carbocycles. The van der Waals surface area contributed by atoms with Crippen LogP contribution in [0.1, 0.15) is 34.2 Å². The van der Waals surface area contributed by atoms with Crippen molar-refractivity contribution in [2.45, 2.75) is 25.7 Å². The molecule has 4 heteroatoms. The van der Waals surface area contributed by atoms with Gasteiger partial charge in [-0.15, -0.1) is 0 Å². The van der Waals surface area contributed by atoms with Crippen molar-refractivity contribution in [3.63, 3.8) is 0 Å². The highest BCUT2D eigenvalue weighted by Crippen LogP contribution is 2.19. The van der Waals surface area contributed by atoms with Gasteiger partial charge in [0.1, 0.15) is 17.5 Å². The van der Waals surface area contributed by atoms with Gasteiger partial charge in [0, 0.05) is 19.3 Å². The van der Waals surface area contributed by atoms with Gasteiger partial charge < -0.3 is 4.74 Å². The van der Waals surface area contributed by atoms with Gasteiger partial charge in [-0.2, -0.15) is 0 Å². The highest BCUT2D eigenvalue weighted by molar-refractivity contribution is 5.84. The van der Waals surface area contributed by atoms with E-state index in [1.165, 1.54) is 29.8 Å². The molecule has 0 spiro atoms. The first kappa shape index (κ1) is 23.6. The Kier molecular flexibility index (Phi) is 7.67. The van der Waals surface area contributed by atoms with Crippen LogP contribution in [0.5, 0.6) is 0 Å². The summed E-state index contributed by atoms with van der Waals surface area (Å²) in [7, 11) is 1.70. The minimum Gasteiger partial charge on any atom is -0.385 e. The first-order valence-corrected chi connectivity index (χ1v) is 11.3. The number of benzene rings is 4. The number of hydrogen-bond acceptors (Lipinski definition) is 1. The van der Waals surface area contributed by atoms with Crippen LogP contribution in [0.25, 0.3) is 10.8 Å². The lowest BCUT2D eigenvalue weighted by Crippen LogP contribution is -1.98. The molecule has 0 radical (unpaired) electrons. The Morgan fingerprint density at radius 2 is 1.26 bits per heavy atom. The molecule has 4 aromatic rings. The summed E-state index contributed by atoms with van der Waals surface area (Å²) in [5.41, 5.74) is 3.32. The number of halogens is 3. The molecule has 0 amide bonds. The standard InChI is InChI=1S/C30H25F3O/c1-34-16-2-3-21-4-6-22(7-5-21)8-9-24-18-29(32)28(30(33)19-24)15-11-23-10-12-26-20-27(31)14-13-25(26)17-23/h4-7,10,12-14,17-20H,2-3,8-9,16H2,1H3. The number of aryl methyl sites for hydroxylation is 3. The number of methoxy groups -OCH3 is 1. The molecular formula is C30H25F3O. The van der Waals surface area contributed by atoms with Crippen LogP contribution in [0.4, 0.5) is 13.2 Å². The topological polar surface area (TPSA) is 9.23 Å². The fourth-order valence-corrected chi connectivity index (χ4v) is 3.90. The first-order valence-electron chi connectivity index (χ1n) is 11.3. The zero-order chi connectivity index (χ0) is 23.9. The molecule has 0 aliphatic rings. The molecule has 172 valence electrons. The molecule has 0 aromatic heterocycles. The van der Waals surface area contributed by atoms with Crippen molar-refractivity contribution in [1.29, 1.82) is 0 Å². The Balaban J connectivity index is 1.43. The maximum Gasteiger partial charge on any atom is 0.142 e. The van der Waals surface area contributed by atoms with Crippen molar-refractivity contribution in [2.75, 3.05) is 13.7 Å². The molecular weight excluding hydrogens is 433 g/mol. The molecule has 0 unspecified atom stereocenters. The van der Waals surface area contributed by atoms with Gasteiger partial charge in [0.25, 0.3) is 0 Å². The second kappa shape index (κ2) is 11.0. The van der Waals surface area contributed by atoms with Crippen LogP contribution >= 0.6 is 0 Å². The lowest BCUT2D eigenvalue weighted by atomic mass is 10.0.